The van der Waals surface area contributed by atoms with Crippen LogP contribution in [-0.2, 0) is 63.4 Å². The second kappa shape index (κ2) is 19.7. The van der Waals surface area contributed by atoms with Crippen molar-refractivity contribution < 1.29 is 87.0 Å². The number of carboxylic acid groups (broad SMARTS) is 1. The molecular formula is C49H58O18. The molecule has 362 valence electrons. The standard InChI is InChI=1S/C49H58O18/c1-22-31(50)11-15-38(60-22)64-34-13-17-40(62-24(34)3)66-48-26(5)59-36(19-33(48)52)28-9-10-30-43(45(28)56)47(58)29-8-7-27(44(55)42(29)46(30)57)20-49(6,21-37(53)54)67-41-18-14-35(25(4)63-41)65-39-16-12-32(51)23(2)61-39/h7-12,15-16,22-26,33-36,38-41,48,52,55-56H,13-14,17-21H2,1-6H3,(H,53,54). The van der Waals surface area contributed by atoms with Gasteiger partial charge in [0.05, 0.1) is 65.9 Å². The monoisotopic (exact) mass is 934 g/mol. The van der Waals surface area contributed by atoms with Crippen LogP contribution >= 0.6 is 0 Å². The third-order valence-corrected chi connectivity index (χ3v) is 13.3. The summed E-state index contributed by atoms with van der Waals surface area (Å²) in [5.74, 6) is -3.95. The summed E-state index contributed by atoms with van der Waals surface area (Å²) in [6.07, 6.45) is -2.21. The van der Waals surface area contributed by atoms with Crippen molar-refractivity contribution in [1.82, 2.24) is 0 Å². The molecule has 1 aliphatic carbocycles. The first kappa shape index (κ1) is 48.7. The molecule has 0 radical (unpaired) electrons. The van der Waals surface area contributed by atoms with Gasteiger partial charge in [0.25, 0.3) is 0 Å². The maximum Gasteiger partial charge on any atom is 0.306 e. The van der Waals surface area contributed by atoms with Gasteiger partial charge in [-0.25, -0.2) is 0 Å². The van der Waals surface area contributed by atoms with E-state index in [0.717, 1.165) is 0 Å². The van der Waals surface area contributed by atoms with Crippen molar-refractivity contribution >= 4 is 29.1 Å². The number of carbonyl (C=O) groups is 5. The normalized spacial score (nSPS) is 35.2. The molecule has 5 aliphatic heterocycles. The van der Waals surface area contributed by atoms with E-state index in [9.17, 15) is 44.4 Å². The van der Waals surface area contributed by atoms with Crippen LogP contribution in [0.15, 0.2) is 48.6 Å². The molecule has 15 atom stereocenters. The van der Waals surface area contributed by atoms with E-state index in [1.54, 1.807) is 40.7 Å². The van der Waals surface area contributed by atoms with Crippen molar-refractivity contribution in [2.45, 2.75) is 178 Å². The largest absolute Gasteiger partial charge is 0.507 e. The van der Waals surface area contributed by atoms with Gasteiger partial charge in [-0.2, -0.15) is 0 Å². The predicted molar refractivity (Wildman–Crippen MR) is 231 cm³/mol. The third-order valence-electron chi connectivity index (χ3n) is 13.3. The number of ether oxygens (including phenoxy) is 9. The summed E-state index contributed by atoms with van der Waals surface area (Å²) in [5, 5.41) is 44.6. The van der Waals surface area contributed by atoms with Crippen molar-refractivity contribution in [3.8, 4) is 11.5 Å². The zero-order valence-corrected chi connectivity index (χ0v) is 38.2. The van der Waals surface area contributed by atoms with Gasteiger partial charge in [-0.1, -0.05) is 12.1 Å². The lowest BCUT2D eigenvalue weighted by atomic mass is 9.79. The van der Waals surface area contributed by atoms with Crippen LogP contribution in [0, 0.1) is 0 Å². The molecule has 0 saturated carbocycles. The number of aromatic hydroxyl groups is 2. The fourth-order valence-corrected chi connectivity index (χ4v) is 9.72. The number of hydrogen-bond acceptors (Lipinski definition) is 17. The minimum absolute atomic E-state index is 0.0215. The van der Waals surface area contributed by atoms with Crippen LogP contribution in [0.5, 0.6) is 11.5 Å². The predicted octanol–water partition coefficient (Wildman–Crippen LogP) is 4.82. The van der Waals surface area contributed by atoms with E-state index in [2.05, 4.69) is 0 Å². The average Bonchev–Trinajstić information content (AvgIpc) is 3.26. The van der Waals surface area contributed by atoms with E-state index in [-0.39, 0.29) is 63.9 Å². The molecule has 0 spiro atoms. The number of rotatable bonds is 13. The molecule has 8 rings (SSSR count). The van der Waals surface area contributed by atoms with Crippen LogP contribution in [-0.4, -0.2) is 135 Å². The Morgan fingerprint density at radius 2 is 1.22 bits per heavy atom. The third kappa shape index (κ3) is 10.3. The summed E-state index contributed by atoms with van der Waals surface area (Å²) in [4.78, 5) is 64.0. The Balaban J connectivity index is 0.909. The van der Waals surface area contributed by atoms with Crippen molar-refractivity contribution in [3.63, 3.8) is 0 Å². The number of fused-ring (bicyclic) bond motifs is 2. The van der Waals surface area contributed by atoms with Gasteiger partial charge in [0.1, 0.15) is 29.8 Å². The first-order valence-electron chi connectivity index (χ1n) is 22.8. The molecule has 18 nitrogen and oxygen atoms in total. The fourth-order valence-electron chi connectivity index (χ4n) is 9.72. The highest BCUT2D eigenvalue weighted by Crippen LogP contribution is 2.45. The summed E-state index contributed by atoms with van der Waals surface area (Å²) in [5.41, 5.74) is -2.01. The van der Waals surface area contributed by atoms with Crippen LogP contribution in [0.25, 0.3) is 0 Å². The van der Waals surface area contributed by atoms with Crippen molar-refractivity contribution in [2.24, 2.45) is 0 Å². The molecule has 15 unspecified atom stereocenters. The Labute approximate surface area is 387 Å². The Hall–Kier alpha value is -4.73. The van der Waals surface area contributed by atoms with Gasteiger partial charge in [0.2, 0.25) is 0 Å². The van der Waals surface area contributed by atoms with Gasteiger partial charge in [0, 0.05) is 42.4 Å². The number of carboxylic acids is 1. The summed E-state index contributed by atoms with van der Waals surface area (Å²) >= 11 is 0. The van der Waals surface area contributed by atoms with E-state index >= 15 is 0 Å². The first-order valence-corrected chi connectivity index (χ1v) is 22.8. The average molecular weight is 935 g/mol. The SMILES string of the molecule is CC1OC(OC2CCC(OC3C(O)CC(c4ccc5c(c4O)C(=O)c4ccc(CC(C)(CC(=O)O)OC6CCC(OC7C=CC(=O)C(C)O7)C(C)O6)c(O)c4C5=O)OC3C)OC2C)C=CC1=O. The lowest BCUT2D eigenvalue weighted by molar-refractivity contribution is -0.292. The molecule has 3 fully saturated rings. The van der Waals surface area contributed by atoms with Gasteiger partial charge in [0.15, 0.2) is 48.3 Å². The second-order valence-electron chi connectivity index (χ2n) is 18.5. The fraction of sp³-hybridized carbons (Fsp3) is 0.571. The Morgan fingerprint density at radius 3 is 1.76 bits per heavy atom. The number of aliphatic hydroxyl groups is 1. The Bertz CT molecular complexity index is 2310. The zero-order chi connectivity index (χ0) is 48.1. The number of aliphatic carboxylic acids is 1. The maximum atomic E-state index is 14.1. The molecule has 0 amide bonds. The van der Waals surface area contributed by atoms with Crippen molar-refractivity contribution in [2.75, 3.05) is 0 Å². The molecule has 0 bridgehead atoms. The molecule has 4 N–H and O–H groups in total. The van der Waals surface area contributed by atoms with E-state index in [0.29, 0.717) is 25.7 Å². The highest BCUT2D eigenvalue weighted by atomic mass is 16.7. The number of hydrogen-bond donors (Lipinski definition) is 4. The van der Waals surface area contributed by atoms with E-state index < -0.39 is 121 Å². The number of phenolic OH excluding ortho intramolecular Hbond substituents is 2. The van der Waals surface area contributed by atoms with Crippen LogP contribution in [0.1, 0.15) is 129 Å². The van der Waals surface area contributed by atoms with E-state index in [1.165, 1.54) is 42.5 Å². The van der Waals surface area contributed by atoms with Crippen molar-refractivity contribution in [1.29, 1.82) is 0 Å². The number of ketones is 4. The summed E-state index contributed by atoms with van der Waals surface area (Å²) in [6.45, 7) is 10.2. The topological polar surface area (TPSA) is 249 Å². The highest BCUT2D eigenvalue weighted by molar-refractivity contribution is 6.30. The molecule has 67 heavy (non-hydrogen) atoms. The molecule has 6 aliphatic rings. The molecule has 5 heterocycles. The Morgan fingerprint density at radius 1 is 0.687 bits per heavy atom. The minimum atomic E-state index is -1.45. The number of aliphatic hydroxyl groups excluding tert-OH is 1. The summed E-state index contributed by atoms with van der Waals surface area (Å²) in [6, 6.07) is 5.60. The Kier molecular flexibility index (Phi) is 14.3. The molecule has 0 aromatic heterocycles. The minimum Gasteiger partial charge on any atom is -0.507 e. The van der Waals surface area contributed by atoms with Gasteiger partial charge in [-0.15, -0.1) is 0 Å². The molecule has 2 aromatic rings. The first-order chi connectivity index (χ1) is 31.8. The van der Waals surface area contributed by atoms with Crippen LogP contribution < -0.4 is 0 Å². The summed E-state index contributed by atoms with van der Waals surface area (Å²) < 4.78 is 54.4. The van der Waals surface area contributed by atoms with Gasteiger partial charge < -0.3 is 63.1 Å². The van der Waals surface area contributed by atoms with Crippen LogP contribution in [0.4, 0.5) is 0 Å². The quantitative estimate of drug-likeness (QED) is 0.179. The van der Waals surface area contributed by atoms with Crippen molar-refractivity contribution in [3.05, 3.63) is 82.0 Å². The van der Waals surface area contributed by atoms with Gasteiger partial charge in [-0.3, -0.25) is 24.0 Å². The van der Waals surface area contributed by atoms with Crippen LogP contribution in [0.2, 0.25) is 0 Å². The van der Waals surface area contributed by atoms with Crippen LogP contribution in [0.3, 0.4) is 0 Å². The van der Waals surface area contributed by atoms with E-state index in [4.69, 9.17) is 42.6 Å². The highest BCUT2D eigenvalue weighted by Gasteiger charge is 2.44. The second-order valence-corrected chi connectivity index (χ2v) is 18.5. The molecular weight excluding hydrogens is 877 g/mol. The smallest absolute Gasteiger partial charge is 0.306 e. The molecule has 2 aromatic carbocycles. The number of carbonyl (C=O) groups excluding carboxylic acids is 4. The van der Waals surface area contributed by atoms with E-state index in [1.807, 2.05) is 6.92 Å². The molecule has 18 heteroatoms. The zero-order valence-electron chi connectivity index (χ0n) is 38.2. The summed E-state index contributed by atoms with van der Waals surface area (Å²) in [7, 11) is 0. The number of benzene rings is 2. The maximum absolute atomic E-state index is 14.1. The van der Waals surface area contributed by atoms with Gasteiger partial charge in [-0.05, 0) is 96.4 Å². The lowest BCUT2D eigenvalue weighted by Crippen LogP contribution is -2.50. The molecule has 3 saturated heterocycles. The number of phenols is 2. The van der Waals surface area contributed by atoms with Gasteiger partial charge >= 0.3 is 5.97 Å². The lowest BCUT2D eigenvalue weighted by Gasteiger charge is -2.42.